The van der Waals surface area contributed by atoms with Crippen molar-refractivity contribution >= 4 is 17.5 Å². The van der Waals surface area contributed by atoms with Gasteiger partial charge in [-0.3, -0.25) is 10.00 Å². The van der Waals surface area contributed by atoms with Crippen LogP contribution in [0.2, 0.25) is 0 Å². The second-order valence-corrected chi connectivity index (χ2v) is 5.26. The first-order chi connectivity index (χ1) is 11.1. The van der Waals surface area contributed by atoms with Gasteiger partial charge in [0.1, 0.15) is 5.82 Å². The van der Waals surface area contributed by atoms with E-state index in [-0.39, 0.29) is 6.03 Å². The molecule has 0 unspecified atom stereocenters. The third-order valence-electron chi connectivity index (χ3n) is 3.74. The van der Waals surface area contributed by atoms with E-state index < -0.39 is 0 Å². The molecule has 8 heteroatoms. The molecule has 8 nitrogen and oxygen atoms in total. The van der Waals surface area contributed by atoms with Gasteiger partial charge in [0.15, 0.2) is 5.65 Å². The lowest BCUT2D eigenvalue weighted by Gasteiger charge is -2.08. The van der Waals surface area contributed by atoms with E-state index in [9.17, 15) is 4.79 Å². The summed E-state index contributed by atoms with van der Waals surface area (Å²) in [6, 6.07) is 1.52. The number of rotatable bonds is 4. The molecule has 23 heavy (non-hydrogen) atoms. The van der Waals surface area contributed by atoms with Crippen LogP contribution in [0.3, 0.4) is 0 Å². The second-order valence-electron chi connectivity index (χ2n) is 5.26. The molecule has 3 heterocycles. The van der Waals surface area contributed by atoms with Crippen LogP contribution in [-0.4, -0.2) is 30.4 Å². The summed E-state index contributed by atoms with van der Waals surface area (Å²) < 4.78 is 3.36. The Bertz CT molecular complexity index is 849. The summed E-state index contributed by atoms with van der Waals surface area (Å²) in [5.74, 6) is 0.706. The number of amides is 2. The van der Waals surface area contributed by atoms with E-state index >= 15 is 0 Å². The van der Waals surface area contributed by atoms with E-state index in [4.69, 9.17) is 0 Å². The average molecular weight is 313 g/mol. The smallest absolute Gasteiger partial charge is 0.320 e. The number of hydrogen-bond acceptors (Lipinski definition) is 4. The highest BCUT2D eigenvalue weighted by atomic mass is 16.2. The second kappa shape index (κ2) is 6.07. The Balaban J connectivity index is 1.67. The highest BCUT2D eigenvalue weighted by Gasteiger charge is 2.14. The van der Waals surface area contributed by atoms with Gasteiger partial charge in [0.05, 0.1) is 11.9 Å². The fourth-order valence-corrected chi connectivity index (χ4v) is 2.52. The largest absolute Gasteiger partial charge is 0.334 e. The number of fused-ring (bicyclic) bond motifs is 1. The zero-order valence-electron chi connectivity index (χ0n) is 13.4. The fourth-order valence-electron chi connectivity index (χ4n) is 2.52. The van der Waals surface area contributed by atoms with Crippen LogP contribution in [-0.2, 0) is 20.0 Å². The first-order valence-corrected chi connectivity index (χ1v) is 7.44. The van der Waals surface area contributed by atoms with Gasteiger partial charge in [-0.25, -0.2) is 14.3 Å². The number of urea groups is 1. The Morgan fingerprint density at radius 1 is 1.39 bits per heavy atom. The van der Waals surface area contributed by atoms with Crippen molar-refractivity contribution in [2.45, 2.75) is 26.8 Å². The minimum absolute atomic E-state index is 0.283. The summed E-state index contributed by atoms with van der Waals surface area (Å²) in [5, 5.41) is 14.2. The lowest BCUT2D eigenvalue weighted by Crippen LogP contribution is -2.29. The van der Waals surface area contributed by atoms with Crippen molar-refractivity contribution in [3.05, 3.63) is 41.5 Å². The molecule has 0 spiro atoms. The van der Waals surface area contributed by atoms with Gasteiger partial charge in [-0.05, 0) is 19.4 Å². The molecular formula is C15H19N7O. The van der Waals surface area contributed by atoms with Crippen molar-refractivity contribution in [2.24, 2.45) is 7.05 Å². The minimum Gasteiger partial charge on any atom is -0.334 e. The van der Waals surface area contributed by atoms with Crippen molar-refractivity contribution in [3.63, 3.8) is 0 Å². The lowest BCUT2D eigenvalue weighted by molar-refractivity contribution is 0.251. The predicted octanol–water partition coefficient (Wildman–Crippen LogP) is 1.66. The van der Waals surface area contributed by atoms with Crippen LogP contribution in [0.15, 0.2) is 24.7 Å². The summed E-state index contributed by atoms with van der Waals surface area (Å²) in [6.45, 7) is 4.35. The molecule has 3 aromatic rings. The number of aryl methyl sites for hydroxylation is 2. The number of nitrogens with one attached hydrogen (secondary N) is 2. The number of anilines is 1. The number of hydrogen-bond donors (Lipinski definition) is 2. The van der Waals surface area contributed by atoms with Crippen LogP contribution < -0.4 is 10.6 Å². The van der Waals surface area contributed by atoms with E-state index in [2.05, 4.69) is 25.8 Å². The molecule has 0 aliphatic rings. The lowest BCUT2D eigenvalue weighted by atomic mass is 10.2. The van der Waals surface area contributed by atoms with Crippen molar-refractivity contribution < 1.29 is 4.79 Å². The normalized spacial score (nSPS) is 10.9. The topological polar surface area (TPSA) is 89.1 Å². The molecule has 2 N–H and O–H groups in total. The molecule has 0 aliphatic heterocycles. The van der Waals surface area contributed by atoms with Crippen molar-refractivity contribution in [1.82, 2.24) is 29.7 Å². The molecule has 120 valence electrons. The number of carbonyl (C=O) groups is 1. The van der Waals surface area contributed by atoms with Crippen molar-refractivity contribution in [2.75, 3.05) is 5.32 Å². The summed E-state index contributed by atoms with van der Waals surface area (Å²) in [6.07, 6.45) is 6.05. The van der Waals surface area contributed by atoms with E-state index in [0.717, 1.165) is 28.9 Å². The monoisotopic (exact) mass is 313 g/mol. The zero-order valence-corrected chi connectivity index (χ0v) is 13.4. The van der Waals surface area contributed by atoms with Crippen molar-refractivity contribution in [3.8, 4) is 0 Å². The van der Waals surface area contributed by atoms with E-state index in [1.807, 2.05) is 27.1 Å². The molecule has 0 aliphatic carbocycles. The molecule has 0 aromatic carbocycles. The maximum absolute atomic E-state index is 12.1. The van der Waals surface area contributed by atoms with Crippen LogP contribution in [0.4, 0.5) is 10.6 Å². The number of nitrogens with zero attached hydrogens (tertiary/aromatic N) is 5. The van der Waals surface area contributed by atoms with Crippen LogP contribution >= 0.6 is 0 Å². The van der Waals surface area contributed by atoms with Gasteiger partial charge in [-0.1, -0.05) is 6.92 Å². The van der Waals surface area contributed by atoms with Gasteiger partial charge in [0.2, 0.25) is 0 Å². The van der Waals surface area contributed by atoms with Crippen LogP contribution in [0.5, 0.6) is 0 Å². The summed E-state index contributed by atoms with van der Waals surface area (Å²) in [4.78, 5) is 16.4. The Hall–Kier alpha value is -2.90. The van der Waals surface area contributed by atoms with Crippen LogP contribution in [0.1, 0.15) is 23.7 Å². The van der Waals surface area contributed by atoms with E-state index in [1.54, 1.807) is 27.7 Å². The predicted molar refractivity (Wildman–Crippen MR) is 86.2 cm³/mol. The maximum Gasteiger partial charge on any atom is 0.320 e. The van der Waals surface area contributed by atoms with E-state index in [1.165, 1.54) is 0 Å². The highest BCUT2D eigenvalue weighted by Crippen LogP contribution is 2.18. The minimum atomic E-state index is -0.283. The maximum atomic E-state index is 12.1. The van der Waals surface area contributed by atoms with E-state index in [0.29, 0.717) is 12.4 Å². The number of carbonyl (C=O) groups excluding carboxylic acids is 1. The first kappa shape index (κ1) is 15.0. The molecule has 0 fully saturated rings. The molecular weight excluding hydrogens is 294 g/mol. The van der Waals surface area contributed by atoms with Crippen LogP contribution in [0.25, 0.3) is 5.65 Å². The SMILES string of the molecule is CCc1nn(C)c(NC(=O)NCc2cnn3cccnc23)c1C. The van der Waals surface area contributed by atoms with Crippen molar-refractivity contribution in [1.29, 1.82) is 0 Å². The Labute approximate surface area is 133 Å². The molecule has 0 saturated carbocycles. The standard InChI is InChI=1S/C15H19N7O/c1-4-12-10(2)13(21(3)20-12)19-15(23)17-8-11-9-18-22-7-5-6-16-14(11)22/h5-7,9H,4,8H2,1-3H3,(H2,17,19,23). The van der Waals surface area contributed by atoms with Crippen LogP contribution in [0, 0.1) is 6.92 Å². The van der Waals surface area contributed by atoms with Gasteiger partial charge in [-0.2, -0.15) is 10.2 Å². The molecule has 2 amide bonds. The molecule has 0 saturated heterocycles. The highest BCUT2D eigenvalue weighted by molar-refractivity contribution is 5.89. The summed E-state index contributed by atoms with van der Waals surface area (Å²) >= 11 is 0. The van der Waals surface area contributed by atoms with Gasteiger partial charge < -0.3 is 5.32 Å². The van der Waals surface area contributed by atoms with Gasteiger partial charge in [0.25, 0.3) is 0 Å². The zero-order chi connectivity index (χ0) is 16.4. The quantitative estimate of drug-likeness (QED) is 0.766. The summed E-state index contributed by atoms with van der Waals surface area (Å²) in [7, 11) is 1.82. The van der Waals surface area contributed by atoms with Gasteiger partial charge in [-0.15, -0.1) is 0 Å². The number of aromatic nitrogens is 5. The van der Waals surface area contributed by atoms with Gasteiger partial charge in [0, 0.05) is 37.1 Å². The molecule has 0 atom stereocenters. The Morgan fingerprint density at radius 2 is 2.22 bits per heavy atom. The third-order valence-corrected chi connectivity index (χ3v) is 3.74. The van der Waals surface area contributed by atoms with Gasteiger partial charge >= 0.3 is 6.03 Å². The molecule has 3 aromatic heterocycles. The summed E-state index contributed by atoms with van der Waals surface area (Å²) in [5.41, 5.74) is 3.56. The third kappa shape index (κ3) is 2.87. The Kier molecular flexibility index (Phi) is 3.96. The molecule has 3 rings (SSSR count). The Morgan fingerprint density at radius 3 is 2.96 bits per heavy atom. The first-order valence-electron chi connectivity index (χ1n) is 7.44. The molecule has 0 bridgehead atoms. The fraction of sp³-hybridized carbons (Fsp3) is 0.333. The average Bonchev–Trinajstić information content (AvgIpc) is 3.08. The molecule has 0 radical (unpaired) electrons.